The van der Waals surface area contributed by atoms with Gasteiger partial charge in [-0.15, -0.1) is 12.4 Å². The maximum Gasteiger partial charge on any atom is 0.243 e. The molecule has 0 saturated carbocycles. The first-order valence-electron chi connectivity index (χ1n) is 5.38. The van der Waals surface area contributed by atoms with E-state index in [9.17, 15) is 13.2 Å². The number of carbonyl (C=O) groups excluding carboxylic acids is 1. The summed E-state index contributed by atoms with van der Waals surface area (Å²) < 4.78 is 21.8. The Balaban J connectivity index is 0.00000256. The van der Waals surface area contributed by atoms with Gasteiger partial charge in [-0.1, -0.05) is 0 Å². The number of amides is 1. The van der Waals surface area contributed by atoms with Crippen LogP contribution in [0.3, 0.4) is 0 Å². The van der Waals surface area contributed by atoms with Crippen molar-refractivity contribution in [1.29, 1.82) is 0 Å². The molecule has 1 atom stereocenters. The van der Waals surface area contributed by atoms with Gasteiger partial charge in [-0.2, -0.15) is 0 Å². The van der Waals surface area contributed by atoms with E-state index in [1.807, 2.05) is 6.92 Å². The first kappa shape index (κ1) is 16.7. The SMILES string of the molecule is CC1CN(C(=O)C(C)(C)S(C)(=O)=O)CCN1.Cl. The first-order chi connectivity index (χ1) is 7.16. The molecular formula is C10H21ClN2O3S. The van der Waals surface area contributed by atoms with Crippen molar-refractivity contribution in [2.24, 2.45) is 0 Å². The summed E-state index contributed by atoms with van der Waals surface area (Å²) >= 11 is 0. The minimum atomic E-state index is -3.38. The van der Waals surface area contributed by atoms with Crippen molar-refractivity contribution in [3.8, 4) is 0 Å². The molecule has 1 fully saturated rings. The van der Waals surface area contributed by atoms with Gasteiger partial charge in [0.1, 0.15) is 4.75 Å². The van der Waals surface area contributed by atoms with Crippen LogP contribution in [0.15, 0.2) is 0 Å². The zero-order valence-electron chi connectivity index (χ0n) is 10.7. The second-order valence-electron chi connectivity index (χ2n) is 4.89. The summed E-state index contributed by atoms with van der Waals surface area (Å²) in [5.41, 5.74) is 0. The Morgan fingerprint density at radius 3 is 2.35 bits per heavy atom. The van der Waals surface area contributed by atoms with Crippen LogP contribution < -0.4 is 5.32 Å². The van der Waals surface area contributed by atoms with Crippen molar-refractivity contribution in [3.63, 3.8) is 0 Å². The summed E-state index contributed by atoms with van der Waals surface area (Å²) in [4.78, 5) is 13.8. The lowest BCUT2D eigenvalue weighted by atomic mass is 10.1. The molecule has 1 amide bonds. The molecule has 1 aliphatic rings. The normalized spacial score (nSPS) is 21.9. The lowest BCUT2D eigenvalue weighted by Crippen LogP contribution is -2.57. The predicted molar refractivity (Wildman–Crippen MR) is 70.2 cm³/mol. The van der Waals surface area contributed by atoms with Crippen LogP contribution >= 0.6 is 12.4 Å². The summed E-state index contributed by atoms with van der Waals surface area (Å²) in [5, 5.41) is 3.21. The number of hydrogen-bond donors (Lipinski definition) is 1. The molecule has 1 N–H and O–H groups in total. The monoisotopic (exact) mass is 284 g/mol. The van der Waals surface area contributed by atoms with E-state index in [1.165, 1.54) is 13.8 Å². The zero-order valence-corrected chi connectivity index (χ0v) is 12.3. The minimum Gasteiger partial charge on any atom is -0.339 e. The smallest absolute Gasteiger partial charge is 0.243 e. The number of hydrogen-bond acceptors (Lipinski definition) is 4. The summed E-state index contributed by atoms with van der Waals surface area (Å²) in [5.74, 6) is -0.302. The summed E-state index contributed by atoms with van der Waals surface area (Å²) in [6.07, 6.45) is 1.11. The maximum atomic E-state index is 12.1. The molecule has 1 unspecified atom stereocenters. The fraction of sp³-hybridized carbons (Fsp3) is 0.900. The molecule has 1 aliphatic heterocycles. The van der Waals surface area contributed by atoms with E-state index in [0.29, 0.717) is 19.6 Å². The molecule has 17 heavy (non-hydrogen) atoms. The number of piperazine rings is 1. The van der Waals surface area contributed by atoms with E-state index in [2.05, 4.69) is 5.32 Å². The Morgan fingerprint density at radius 1 is 1.41 bits per heavy atom. The van der Waals surface area contributed by atoms with E-state index in [-0.39, 0.29) is 24.4 Å². The molecule has 0 radical (unpaired) electrons. The van der Waals surface area contributed by atoms with Crippen molar-refractivity contribution < 1.29 is 13.2 Å². The van der Waals surface area contributed by atoms with E-state index in [1.54, 1.807) is 4.90 Å². The number of halogens is 1. The minimum absolute atomic E-state index is 0. The van der Waals surface area contributed by atoms with E-state index in [0.717, 1.165) is 6.26 Å². The molecule has 0 bridgehead atoms. The lowest BCUT2D eigenvalue weighted by Gasteiger charge is -2.36. The molecule has 0 aromatic heterocycles. The van der Waals surface area contributed by atoms with Gasteiger partial charge >= 0.3 is 0 Å². The largest absolute Gasteiger partial charge is 0.339 e. The average Bonchev–Trinajstić information content (AvgIpc) is 2.14. The zero-order chi connectivity index (χ0) is 12.6. The van der Waals surface area contributed by atoms with E-state index in [4.69, 9.17) is 0 Å². The van der Waals surface area contributed by atoms with Gasteiger partial charge in [0.2, 0.25) is 5.91 Å². The van der Waals surface area contributed by atoms with Gasteiger partial charge in [0.05, 0.1) is 0 Å². The Labute approximate surface area is 109 Å². The number of sulfone groups is 1. The number of nitrogens with one attached hydrogen (secondary N) is 1. The van der Waals surface area contributed by atoms with Gasteiger partial charge in [-0.05, 0) is 20.8 Å². The second-order valence-corrected chi connectivity index (χ2v) is 7.45. The molecule has 0 aromatic rings. The van der Waals surface area contributed by atoms with Gasteiger partial charge in [0, 0.05) is 31.9 Å². The van der Waals surface area contributed by atoms with Crippen LogP contribution in [0.2, 0.25) is 0 Å². The van der Waals surface area contributed by atoms with Crippen molar-refractivity contribution in [3.05, 3.63) is 0 Å². The molecular weight excluding hydrogens is 264 g/mol. The summed E-state index contributed by atoms with van der Waals surface area (Å²) in [7, 11) is -3.38. The van der Waals surface area contributed by atoms with Gasteiger partial charge in [-0.3, -0.25) is 4.79 Å². The van der Waals surface area contributed by atoms with Crippen LogP contribution in [0.4, 0.5) is 0 Å². The number of rotatable bonds is 2. The third-order valence-electron chi connectivity index (χ3n) is 3.10. The Morgan fingerprint density at radius 2 is 1.94 bits per heavy atom. The van der Waals surface area contributed by atoms with Crippen LogP contribution in [-0.4, -0.2) is 55.9 Å². The van der Waals surface area contributed by atoms with Crippen LogP contribution in [0.5, 0.6) is 0 Å². The highest BCUT2D eigenvalue weighted by atomic mass is 35.5. The molecule has 0 spiro atoms. The highest BCUT2D eigenvalue weighted by Crippen LogP contribution is 2.19. The fourth-order valence-corrected chi connectivity index (χ4v) is 2.10. The van der Waals surface area contributed by atoms with Gasteiger partial charge < -0.3 is 10.2 Å². The van der Waals surface area contributed by atoms with Crippen molar-refractivity contribution in [2.45, 2.75) is 31.6 Å². The van der Waals surface area contributed by atoms with Crippen molar-refractivity contribution in [2.75, 3.05) is 25.9 Å². The molecule has 102 valence electrons. The molecule has 1 heterocycles. The van der Waals surface area contributed by atoms with E-state index < -0.39 is 14.6 Å². The molecule has 0 aliphatic carbocycles. The van der Waals surface area contributed by atoms with Crippen LogP contribution in [0.25, 0.3) is 0 Å². The topological polar surface area (TPSA) is 66.5 Å². The molecule has 1 rings (SSSR count). The Hall–Kier alpha value is -0.330. The lowest BCUT2D eigenvalue weighted by molar-refractivity contribution is -0.134. The van der Waals surface area contributed by atoms with Crippen molar-refractivity contribution >= 4 is 28.2 Å². The van der Waals surface area contributed by atoms with Crippen LogP contribution in [-0.2, 0) is 14.6 Å². The highest BCUT2D eigenvalue weighted by molar-refractivity contribution is 7.92. The predicted octanol–water partition coefficient (Wildman–Crippen LogP) is 0.0517. The Kier molecular flexibility index (Phi) is 5.43. The van der Waals surface area contributed by atoms with Crippen LogP contribution in [0, 0.1) is 0 Å². The van der Waals surface area contributed by atoms with Gasteiger partial charge in [0.25, 0.3) is 0 Å². The van der Waals surface area contributed by atoms with Gasteiger partial charge in [0.15, 0.2) is 9.84 Å². The third-order valence-corrected chi connectivity index (χ3v) is 5.13. The van der Waals surface area contributed by atoms with Crippen molar-refractivity contribution in [1.82, 2.24) is 10.2 Å². The van der Waals surface area contributed by atoms with Crippen LogP contribution in [0.1, 0.15) is 20.8 Å². The van der Waals surface area contributed by atoms with Gasteiger partial charge in [-0.25, -0.2) is 8.42 Å². The molecule has 1 saturated heterocycles. The molecule has 0 aromatic carbocycles. The number of carbonyl (C=O) groups is 1. The standard InChI is InChI=1S/C10H20N2O3S.ClH/c1-8-7-12(6-5-11-8)9(13)10(2,3)16(4,14)15;/h8,11H,5-7H2,1-4H3;1H. The average molecular weight is 285 g/mol. The third kappa shape index (κ3) is 3.56. The maximum absolute atomic E-state index is 12.1. The first-order valence-corrected chi connectivity index (χ1v) is 7.28. The summed E-state index contributed by atoms with van der Waals surface area (Å²) in [6, 6.07) is 0.216. The highest BCUT2D eigenvalue weighted by Gasteiger charge is 2.41. The molecule has 7 heteroatoms. The second kappa shape index (κ2) is 5.54. The fourth-order valence-electron chi connectivity index (χ4n) is 1.66. The number of nitrogens with zero attached hydrogens (tertiary/aromatic N) is 1. The quantitative estimate of drug-likeness (QED) is 0.778. The molecule has 5 nitrogen and oxygen atoms in total. The Bertz CT molecular complexity index is 381. The summed E-state index contributed by atoms with van der Waals surface area (Å²) in [6.45, 7) is 6.77. The van der Waals surface area contributed by atoms with E-state index >= 15 is 0 Å².